The molecule has 0 nitrogen and oxygen atoms in total. The van der Waals surface area contributed by atoms with Crippen LogP contribution in [0.4, 0.5) is 0 Å². The van der Waals surface area contributed by atoms with E-state index >= 15 is 0 Å². The summed E-state index contributed by atoms with van der Waals surface area (Å²) in [5.41, 5.74) is 5.83. The van der Waals surface area contributed by atoms with Crippen molar-refractivity contribution in [2.75, 3.05) is 0 Å². The van der Waals surface area contributed by atoms with Gasteiger partial charge in [0.25, 0.3) is 0 Å². The van der Waals surface area contributed by atoms with Crippen LogP contribution in [0.2, 0.25) is 0 Å². The average molecular weight is 367 g/mol. The Kier molecular flexibility index (Phi) is 5.22. The Morgan fingerprint density at radius 2 is 1.41 bits per heavy atom. The summed E-state index contributed by atoms with van der Waals surface area (Å²) in [6.07, 6.45) is 4.68. The van der Waals surface area contributed by atoms with Crippen molar-refractivity contribution in [3.8, 4) is 0 Å². The lowest BCUT2D eigenvalue weighted by Gasteiger charge is -2.21. The van der Waals surface area contributed by atoms with Gasteiger partial charge in [0.1, 0.15) is 8.80 Å². The molecule has 0 saturated carbocycles. The maximum Gasteiger partial charge on any atom is 0.132 e. The van der Waals surface area contributed by atoms with Gasteiger partial charge in [-0.3, -0.25) is 0 Å². The van der Waals surface area contributed by atoms with Gasteiger partial charge in [0.05, 0.1) is 0 Å². The van der Waals surface area contributed by atoms with Crippen LogP contribution in [0.1, 0.15) is 30.9 Å². The van der Waals surface area contributed by atoms with Gasteiger partial charge < -0.3 is 0 Å². The molecular weight excluding hydrogens is 340 g/mol. The van der Waals surface area contributed by atoms with E-state index in [9.17, 15) is 0 Å². The van der Waals surface area contributed by atoms with Crippen LogP contribution in [0, 0.1) is 6.92 Å². The topological polar surface area (TPSA) is 0 Å². The zero-order chi connectivity index (χ0) is 18.6. The highest BCUT2D eigenvalue weighted by Gasteiger charge is 2.28. The second kappa shape index (κ2) is 7.94. The lowest BCUT2D eigenvalue weighted by molar-refractivity contribution is 1.15. The quantitative estimate of drug-likeness (QED) is 0.553. The highest BCUT2D eigenvalue weighted by molar-refractivity contribution is 6.91. The highest BCUT2D eigenvalue weighted by atomic mass is 28.3. The molecule has 1 heteroatoms. The minimum atomic E-state index is -1.45. The third-order valence-corrected chi connectivity index (χ3v) is 8.85. The summed E-state index contributed by atoms with van der Waals surface area (Å²) in [6, 6.07) is 31.3. The molecule has 0 atom stereocenters. The van der Waals surface area contributed by atoms with E-state index in [0.29, 0.717) is 0 Å². The molecule has 3 aromatic carbocycles. The fourth-order valence-electron chi connectivity index (χ4n) is 4.31. The second-order valence-electron chi connectivity index (χ2n) is 7.30. The first-order valence-corrected chi connectivity index (χ1v) is 11.6. The van der Waals surface area contributed by atoms with E-state index in [1.54, 1.807) is 10.8 Å². The molecule has 0 heterocycles. The smallest absolute Gasteiger partial charge is 0.0801 e. The van der Waals surface area contributed by atoms with E-state index in [1.165, 1.54) is 27.1 Å². The Bertz CT molecular complexity index is 941. The molecule has 1 aliphatic carbocycles. The zero-order valence-corrected chi connectivity index (χ0v) is 17.3. The molecule has 0 bridgehead atoms. The van der Waals surface area contributed by atoms with Crippen LogP contribution < -0.4 is 10.4 Å². The molecule has 0 saturated heterocycles. The summed E-state index contributed by atoms with van der Waals surface area (Å²) >= 11 is 0. The van der Waals surface area contributed by atoms with Crippen molar-refractivity contribution in [2.45, 2.75) is 26.7 Å². The molecular formula is C26H26Si. The summed E-state index contributed by atoms with van der Waals surface area (Å²) in [4.78, 5) is 0. The Morgan fingerprint density at radius 1 is 0.778 bits per heavy atom. The van der Waals surface area contributed by atoms with E-state index in [0.717, 1.165) is 12.8 Å². The third-order valence-electron chi connectivity index (χ3n) is 5.54. The van der Waals surface area contributed by atoms with Gasteiger partial charge in [-0.1, -0.05) is 119 Å². The maximum atomic E-state index is 2.52. The van der Waals surface area contributed by atoms with Crippen molar-refractivity contribution in [3.05, 3.63) is 113 Å². The molecule has 0 amide bonds. The van der Waals surface area contributed by atoms with E-state index < -0.39 is 8.80 Å². The molecule has 0 aromatic heterocycles. The molecule has 0 unspecified atom stereocenters. The second-order valence-corrected chi connectivity index (χ2v) is 10.1. The van der Waals surface area contributed by atoms with Crippen LogP contribution >= 0.6 is 0 Å². The fourth-order valence-corrected chi connectivity index (χ4v) is 7.71. The number of allylic oxidation sites excluding steroid dienone is 4. The third kappa shape index (κ3) is 3.61. The van der Waals surface area contributed by atoms with Crippen LogP contribution in [0.5, 0.6) is 0 Å². The van der Waals surface area contributed by atoms with Gasteiger partial charge in [0.2, 0.25) is 0 Å². The molecule has 0 aliphatic heterocycles. The van der Waals surface area contributed by atoms with Crippen LogP contribution in [-0.4, -0.2) is 8.80 Å². The Morgan fingerprint density at radius 3 is 1.96 bits per heavy atom. The summed E-state index contributed by atoms with van der Waals surface area (Å²) < 4.78 is 0. The lowest BCUT2D eigenvalue weighted by atomic mass is 9.98. The molecule has 0 N–H and O–H groups in total. The molecule has 1 aliphatic rings. The van der Waals surface area contributed by atoms with Crippen molar-refractivity contribution < 1.29 is 0 Å². The van der Waals surface area contributed by atoms with Crippen LogP contribution in [-0.2, 0) is 0 Å². The monoisotopic (exact) mass is 366 g/mol. The van der Waals surface area contributed by atoms with Crippen molar-refractivity contribution in [1.29, 1.82) is 0 Å². The Balaban J connectivity index is 1.83. The normalized spacial score (nSPS) is 14.0. The van der Waals surface area contributed by atoms with Crippen molar-refractivity contribution in [1.82, 2.24) is 0 Å². The summed E-state index contributed by atoms with van der Waals surface area (Å²) in [5.74, 6) is 0. The van der Waals surface area contributed by atoms with Gasteiger partial charge in [0.15, 0.2) is 0 Å². The van der Waals surface area contributed by atoms with E-state index in [1.807, 2.05) is 0 Å². The zero-order valence-electron chi connectivity index (χ0n) is 16.2. The van der Waals surface area contributed by atoms with Gasteiger partial charge in [0, 0.05) is 0 Å². The largest absolute Gasteiger partial charge is 0.132 e. The predicted octanol–water partition coefficient (Wildman–Crippen LogP) is 5.07. The van der Waals surface area contributed by atoms with Gasteiger partial charge in [-0.05, 0) is 36.5 Å². The summed E-state index contributed by atoms with van der Waals surface area (Å²) in [7, 11) is -1.45. The Hall–Kier alpha value is -2.64. The fraction of sp³-hybridized carbons (Fsp3) is 0.154. The number of rotatable bonds is 5. The van der Waals surface area contributed by atoms with Gasteiger partial charge in [-0.25, -0.2) is 0 Å². The summed E-state index contributed by atoms with van der Waals surface area (Å²) in [6.45, 7) is 4.50. The number of hydrogen-bond donors (Lipinski definition) is 0. The highest BCUT2D eigenvalue weighted by Crippen LogP contribution is 2.36. The maximum absolute atomic E-state index is 2.52. The van der Waals surface area contributed by atoms with Gasteiger partial charge in [-0.15, -0.1) is 0 Å². The number of aryl methyl sites for hydroxylation is 1. The number of benzene rings is 3. The van der Waals surface area contributed by atoms with E-state index in [2.05, 4.69) is 105 Å². The first kappa shape index (κ1) is 17.8. The van der Waals surface area contributed by atoms with Crippen LogP contribution in [0.3, 0.4) is 0 Å². The van der Waals surface area contributed by atoms with Gasteiger partial charge in [-0.2, -0.15) is 0 Å². The van der Waals surface area contributed by atoms with Crippen molar-refractivity contribution in [2.24, 2.45) is 0 Å². The van der Waals surface area contributed by atoms with Crippen molar-refractivity contribution in [3.63, 3.8) is 0 Å². The average Bonchev–Trinajstić information content (AvgIpc) is 3.13. The van der Waals surface area contributed by atoms with Crippen LogP contribution in [0.25, 0.3) is 5.57 Å². The van der Waals surface area contributed by atoms with Gasteiger partial charge >= 0.3 is 0 Å². The lowest BCUT2D eigenvalue weighted by Crippen LogP contribution is -2.44. The minimum absolute atomic E-state index is 1.06. The predicted molar refractivity (Wildman–Crippen MR) is 120 cm³/mol. The first-order valence-electron chi connectivity index (χ1n) is 9.87. The minimum Gasteiger partial charge on any atom is -0.0801 e. The molecule has 134 valence electrons. The molecule has 0 fully saturated rings. The van der Waals surface area contributed by atoms with E-state index in [-0.39, 0.29) is 0 Å². The first-order chi connectivity index (χ1) is 13.3. The van der Waals surface area contributed by atoms with Crippen molar-refractivity contribution >= 4 is 24.7 Å². The molecule has 27 heavy (non-hydrogen) atoms. The molecule has 0 radical (unpaired) electrons. The van der Waals surface area contributed by atoms with Crippen LogP contribution in [0.15, 0.2) is 102 Å². The molecule has 4 rings (SSSR count). The Labute approximate surface area is 164 Å². The summed E-state index contributed by atoms with van der Waals surface area (Å²) in [5, 5.41) is 4.63. The molecule has 3 aromatic rings. The number of hydrogen-bond acceptors (Lipinski definition) is 0. The molecule has 0 spiro atoms. The van der Waals surface area contributed by atoms with E-state index in [4.69, 9.17) is 0 Å². The SMILES string of the molecule is CCC1=C(c2cccc(C)c2)CC=C1[SiH](c1ccccc1)c1ccccc1. The standard InChI is InChI=1S/C26H26Si/c1-3-24-25(21-12-10-11-20(2)19-21)17-18-26(24)27(22-13-6-4-7-14-22)23-15-8-5-9-16-23/h4-16,18-19,27H,3,17H2,1-2H3.